The van der Waals surface area contributed by atoms with Crippen LogP contribution in [0.25, 0.3) is 0 Å². The molecule has 0 aromatic heterocycles. The average molecular weight is 314 g/mol. The van der Waals surface area contributed by atoms with E-state index >= 15 is 0 Å². The van der Waals surface area contributed by atoms with Crippen LogP contribution in [-0.4, -0.2) is 25.3 Å². The molecule has 122 valence electrons. The molecule has 2 rings (SSSR count). The van der Waals surface area contributed by atoms with E-state index in [0.717, 1.165) is 12.8 Å². The predicted octanol–water partition coefficient (Wildman–Crippen LogP) is 3.89. The van der Waals surface area contributed by atoms with Crippen LogP contribution in [-0.2, 0) is 11.2 Å². The molecule has 1 unspecified atom stereocenters. The Bertz CT molecular complexity index is 637. The molecule has 0 radical (unpaired) electrons. The minimum Gasteiger partial charge on any atom is -0.497 e. The molecule has 0 spiro atoms. The van der Waals surface area contributed by atoms with Crippen molar-refractivity contribution in [1.82, 2.24) is 0 Å². The molecule has 4 heteroatoms. The van der Waals surface area contributed by atoms with Crippen LogP contribution >= 0.6 is 0 Å². The van der Waals surface area contributed by atoms with E-state index in [9.17, 15) is 9.90 Å². The highest BCUT2D eigenvalue weighted by molar-refractivity contribution is 5.77. The summed E-state index contributed by atoms with van der Waals surface area (Å²) in [6.07, 6.45) is 2.23. The van der Waals surface area contributed by atoms with Crippen molar-refractivity contribution in [2.45, 2.75) is 25.2 Å². The molecule has 0 amide bonds. The van der Waals surface area contributed by atoms with E-state index in [1.54, 1.807) is 32.4 Å². The van der Waals surface area contributed by atoms with Crippen molar-refractivity contribution >= 4 is 5.97 Å². The van der Waals surface area contributed by atoms with Gasteiger partial charge in [0.15, 0.2) is 0 Å². The molecule has 4 nitrogen and oxygen atoms in total. The number of methoxy groups -OCH3 is 2. The van der Waals surface area contributed by atoms with Gasteiger partial charge in [-0.3, -0.25) is 4.79 Å². The van der Waals surface area contributed by atoms with Gasteiger partial charge in [0.2, 0.25) is 0 Å². The first-order valence-electron chi connectivity index (χ1n) is 7.64. The molecule has 0 aliphatic heterocycles. The van der Waals surface area contributed by atoms with Gasteiger partial charge in [-0.2, -0.15) is 0 Å². The molecule has 23 heavy (non-hydrogen) atoms. The zero-order chi connectivity index (χ0) is 16.7. The van der Waals surface area contributed by atoms with E-state index < -0.39 is 11.9 Å². The van der Waals surface area contributed by atoms with Crippen molar-refractivity contribution in [3.63, 3.8) is 0 Å². The van der Waals surface area contributed by atoms with E-state index in [1.165, 1.54) is 5.56 Å². The van der Waals surface area contributed by atoms with Crippen LogP contribution in [0.2, 0.25) is 0 Å². The summed E-state index contributed by atoms with van der Waals surface area (Å²) in [5, 5.41) is 9.58. The number of ether oxygens (including phenoxy) is 2. The Hall–Kier alpha value is -2.49. The van der Waals surface area contributed by atoms with Gasteiger partial charge >= 0.3 is 5.97 Å². The lowest BCUT2D eigenvalue weighted by molar-refractivity contribution is -0.139. The standard InChI is InChI=1S/C19H22O4/c1-22-15-11-12-16(18(13-15)23-2)17(19(20)21)10-6-9-14-7-4-3-5-8-14/h3-5,7-8,11-13,17H,6,9-10H2,1-2H3,(H,20,21). The van der Waals surface area contributed by atoms with Gasteiger partial charge in [0.05, 0.1) is 20.1 Å². The molecular weight excluding hydrogens is 292 g/mol. The quantitative estimate of drug-likeness (QED) is 0.803. The fourth-order valence-corrected chi connectivity index (χ4v) is 2.67. The van der Waals surface area contributed by atoms with Crippen molar-refractivity contribution in [1.29, 1.82) is 0 Å². The van der Waals surface area contributed by atoms with Gasteiger partial charge in [0.25, 0.3) is 0 Å². The maximum absolute atomic E-state index is 11.7. The Balaban J connectivity index is 2.10. The first-order valence-corrected chi connectivity index (χ1v) is 7.64. The number of aliphatic carboxylic acids is 1. The Labute approximate surface area is 136 Å². The molecule has 2 aromatic carbocycles. The SMILES string of the molecule is COc1ccc(C(CCCc2ccccc2)C(=O)O)c(OC)c1. The number of carboxylic acids is 1. The smallest absolute Gasteiger partial charge is 0.311 e. The predicted molar refractivity (Wildman–Crippen MR) is 89.3 cm³/mol. The van der Waals surface area contributed by atoms with Crippen LogP contribution < -0.4 is 9.47 Å². The molecule has 1 atom stereocenters. The number of hydrogen-bond donors (Lipinski definition) is 1. The van der Waals surface area contributed by atoms with E-state index in [1.807, 2.05) is 18.2 Å². The molecule has 2 aromatic rings. The third-order valence-corrected chi connectivity index (χ3v) is 3.92. The molecule has 0 bridgehead atoms. The molecule has 1 N–H and O–H groups in total. The minimum atomic E-state index is -0.832. The van der Waals surface area contributed by atoms with Gasteiger partial charge in [0, 0.05) is 11.6 Å². The largest absolute Gasteiger partial charge is 0.497 e. The lowest BCUT2D eigenvalue weighted by Gasteiger charge is -2.17. The normalized spacial score (nSPS) is 11.7. The summed E-state index contributed by atoms with van der Waals surface area (Å²) in [6, 6.07) is 15.4. The minimum absolute atomic E-state index is 0.552. The van der Waals surface area contributed by atoms with E-state index in [4.69, 9.17) is 9.47 Å². The summed E-state index contributed by atoms with van der Waals surface area (Å²) in [5.41, 5.74) is 1.91. The Morgan fingerprint density at radius 2 is 1.83 bits per heavy atom. The van der Waals surface area contributed by atoms with E-state index in [-0.39, 0.29) is 0 Å². The lowest BCUT2D eigenvalue weighted by Crippen LogP contribution is -2.13. The monoisotopic (exact) mass is 314 g/mol. The van der Waals surface area contributed by atoms with Crippen LogP contribution in [0.15, 0.2) is 48.5 Å². The Kier molecular flexibility index (Phi) is 6.03. The highest BCUT2D eigenvalue weighted by atomic mass is 16.5. The lowest BCUT2D eigenvalue weighted by atomic mass is 9.91. The van der Waals surface area contributed by atoms with Gasteiger partial charge in [-0.05, 0) is 30.9 Å². The van der Waals surface area contributed by atoms with Crippen LogP contribution in [0.4, 0.5) is 0 Å². The van der Waals surface area contributed by atoms with Crippen molar-refractivity contribution in [3.8, 4) is 11.5 Å². The summed E-state index contributed by atoms with van der Waals surface area (Å²) in [6.45, 7) is 0. The maximum atomic E-state index is 11.7. The Morgan fingerprint density at radius 3 is 2.43 bits per heavy atom. The Morgan fingerprint density at radius 1 is 1.09 bits per heavy atom. The van der Waals surface area contributed by atoms with Crippen molar-refractivity contribution < 1.29 is 19.4 Å². The van der Waals surface area contributed by atoms with Gasteiger partial charge in [-0.1, -0.05) is 36.4 Å². The van der Waals surface area contributed by atoms with Crippen LogP contribution in [0.1, 0.15) is 29.9 Å². The zero-order valence-electron chi connectivity index (χ0n) is 13.5. The topological polar surface area (TPSA) is 55.8 Å². The molecule has 0 saturated carbocycles. The van der Waals surface area contributed by atoms with Gasteiger partial charge in [-0.15, -0.1) is 0 Å². The van der Waals surface area contributed by atoms with Crippen molar-refractivity contribution in [2.24, 2.45) is 0 Å². The maximum Gasteiger partial charge on any atom is 0.311 e. The second-order valence-corrected chi connectivity index (χ2v) is 5.38. The van der Waals surface area contributed by atoms with Crippen LogP contribution in [0.5, 0.6) is 11.5 Å². The average Bonchev–Trinajstić information content (AvgIpc) is 2.59. The summed E-state index contributed by atoms with van der Waals surface area (Å²) < 4.78 is 10.5. The molecule has 0 aliphatic rings. The summed E-state index contributed by atoms with van der Waals surface area (Å²) >= 11 is 0. The highest BCUT2D eigenvalue weighted by Gasteiger charge is 2.23. The third kappa shape index (κ3) is 4.49. The van der Waals surface area contributed by atoms with Gasteiger partial charge < -0.3 is 14.6 Å². The second kappa shape index (κ2) is 8.22. The summed E-state index contributed by atoms with van der Waals surface area (Å²) in [5.74, 6) is -0.211. The first kappa shape index (κ1) is 16.9. The highest BCUT2D eigenvalue weighted by Crippen LogP contribution is 2.33. The zero-order valence-corrected chi connectivity index (χ0v) is 13.5. The number of carbonyl (C=O) groups is 1. The van der Waals surface area contributed by atoms with E-state index in [0.29, 0.717) is 23.5 Å². The molecular formula is C19H22O4. The van der Waals surface area contributed by atoms with Crippen LogP contribution in [0.3, 0.4) is 0 Å². The van der Waals surface area contributed by atoms with Gasteiger partial charge in [-0.25, -0.2) is 0 Å². The number of aryl methyl sites for hydroxylation is 1. The van der Waals surface area contributed by atoms with Crippen LogP contribution in [0, 0.1) is 0 Å². The molecule has 0 aliphatic carbocycles. The first-order chi connectivity index (χ1) is 11.2. The fraction of sp³-hybridized carbons (Fsp3) is 0.316. The number of rotatable bonds is 8. The summed E-state index contributed by atoms with van der Waals surface area (Å²) in [4.78, 5) is 11.7. The van der Waals surface area contributed by atoms with Crippen molar-refractivity contribution in [2.75, 3.05) is 14.2 Å². The second-order valence-electron chi connectivity index (χ2n) is 5.38. The fourth-order valence-electron chi connectivity index (χ4n) is 2.67. The number of benzene rings is 2. The molecule has 0 heterocycles. The number of carboxylic acid groups (broad SMARTS) is 1. The third-order valence-electron chi connectivity index (χ3n) is 3.92. The molecule has 0 saturated heterocycles. The molecule has 0 fully saturated rings. The summed E-state index contributed by atoms with van der Waals surface area (Å²) in [7, 11) is 3.12. The van der Waals surface area contributed by atoms with Gasteiger partial charge in [0.1, 0.15) is 11.5 Å². The van der Waals surface area contributed by atoms with Crippen molar-refractivity contribution in [3.05, 3.63) is 59.7 Å². The number of hydrogen-bond acceptors (Lipinski definition) is 3. The van der Waals surface area contributed by atoms with E-state index in [2.05, 4.69) is 12.1 Å².